The molecule has 1 saturated carbocycles. The molecular formula is C19H25N3O2. The Labute approximate surface area is 142 Å². The fourth-order valence-electron chi connectivity index (χ4n) is 4.04. The first-order valence-electron chi connectivity index (χ1n) is 8.98. The zero-order valence-corrected chi connectivity index (χ0v) is 14.4. The molecule has 1 aliphatic heterocycles. The number of carbonyl (C=O) groups is 1. The van der Waals surface area contributed by atoms with E-state index in [1.165, 1.54) is 12.1 Å². The molecule has 5 heteroatoms. The zero-order valence-electron chi connectivity index (χ0n) is 14.4. The maximum absolute atomic E-state index is 13.0. The number of aryl methyl sites for hydroxylation is 2. The van der Waals surface area contributed by atoms with Crippen LogP contribution in [0.3, 0.4) is 0 Å². The van der Waals surface area contributed by atoms with Crippen molar-refractivity contribution in [1.29, 1.82) is 0 Å². The van der Waals surface area contributed by atoms with Gasteiger partial charge in [0.25, 0.3) is 0 Å². The maximum Gasteiger partial charge on any atom is 0.226 e. The standard InChI is InChI=1S/C19H25N3O2/c1-13-10-14(2)22(20-13)12-15-6-3-4-8-21(15)19(23)17-11-16(17)18-7-5-9-24-18/h5,7,9-10,15-17H,3-4,6,8,11-12H2,1-2H3/t15-,16+,17+/m0/s1. The van der Waals surface area contributed by atoms with Gasteiger partial charge in [-0.15, -0.1) is 0 Å². The number of amides is 1. The second-order valence-corrected chi connectivity index (χ2v) is 7.25. The molecule has 1 saturated heterocycles. The average Bonchev–Trinajstić information content (AvgIpc) is 3.04. The van der Waals surface area contributed by atoms with E-state index >= 15 is 0 Å². The van der Waals surface area contributed by atoms with E-state index in [1.54, 1.807) is 6.26 Å². The molecule has 0 unspecified atom stereocenters. The van der Waals surface area contributed by atoms with Crippen molar-refractivity contribution < 1.29 is 9.21 Å². The minimum Gasteiger partial charge on any atom is -0.469 e. The van der Waals surface area contributed by atoms with E-state index in [9.17, 15) is 4.79 Å². The lowest BCUT2D eigenvalue weighted by Gasteiger charge is -2.36. The second-order valence-electron chi connectivity index (χ2n) is 7.25. The van der Waals surface area contributed by atoms with Crippen LogP contribution in [0, 0.1) is 19.8 Å². The van der Waals surface area contributed by atoms with Gasteiger partial charge in [0.05, 0.1) is 24.5 Å². The Balaban J connectivity index is 1.46. The summed E-state index contributed by atoms with van der Waals surface area (Å²) in [5.74, 6) is 1.66. The van der Waals surface area contributed by atoms with E-state index in [0.29, 0.717) is 5.91 Å². The molecule has 1 aliphatic carbocycles. The Bertz CT molecular complexity index is 719. The smallest absolute Gasteiger partial charge is 0.226 e. The van der Waals surface area contributed by atoms with Crippen molar-refractivity contribution >= 4 is 5.91 Å². The van der Waals surface area contributed by atoms with Gasteiger partial charge in [0, 0.05) is 24.1 Å². The van der Waals surface area contributed by atoms with Crippen LogP contribution < -0.4 is 0 Å². The minimum atomic E-state index is 0.109. The van der Waals surface area contributed by atoms with Gasteiger partial charge in [-0.1, -0.05) is 0 Å². The van der Waals surface area contributed by atoms with Gasteiger partial charge in [-0.3, -0.25) is 9.48 Å². The van der Waals surface area contributed by atoms with Crippen LogP contribution in [0.2, 0.25) is 0 Å². The summed E-state index contributed by atoms with van der Waals surface area (Å²) in [6.07, 6.45) is 6.00. The summed E-state index contributed by atoms with van der Waals surface area (Å²) in [5.41, 5.74) is 2.21. The van der Waals surface area contributed by atoms with Crippen LogP contribution in [0.25, 0.3) is 0 Å². The van der Waals surface area contributed by atoms with Crippen LogP contribution in [0.1, 0.15) is 48.7 Å². The van der Waals surface area contributed by atoms with Gasteiger partial charge < -0.3 is 9.32 Å². The van der Waals surface area contributed by atoms with Crippen molar-refractivity contribution in [2.75, 3.05) is 6.54 Å². The number of likely N-dealkylation sites (tertiary alicyclic amines) is 1. The number of piperidine rings is 1. The van der Waals surface area contributed by atoms with E-state index in [1.807, 2.05) is 19.1 Å². The molecule has 0 aromatic carbocycles. The monoisotopic (exact) mass is 327 g/mol. The Morgan fingerprint density at radius 2 is 2.25 bits per heavy atom. The van der Waals surface area contributed by atoms with Crippen LogP contribution in [0.5, 0.6) is 0 Å². The third-order valence-corrected chi connectivity index (χ3v) is 5.41. The Morgan fingerprint density at radius 1 is 1.38 bits per heavy atom. The number of hydrogen-bond acceptors (Lipinski definition) is 3. The third kappa shape index (κ3) is 2.87. The molecule has 0 N–H and O–H groups in total. The van der Waals surface area contributed by atoms with E-state index in [2.05, 4.69) is 27.7 Å². The molecule has 2 aromatic heterocycles. The number of furan rings is 1. The quantitative estimate of drug-likeness (QED) is 0.866. The molecule has 3 atom stereocenters. The lowest BCUT2D eigenvalue weighted by molar-refractivity contribution is -0.136. The summed E-state index contributed by atoms with van der Waals surface area (Å²) in [6.45, 7) is 5.79. The van der Waals surface area contributed by atoms with Gasteiger partial charge in [-0.25, -0.2) is 0 Å². The first-order valence-corrected chi connectivity index (χ1v) is 8.98. The molecule has 128 valence electrons. The van der Waals surface area contributed by atoms with E-state index in [4.69, 9.17) is 4.42 Å². The number of nitrogens with zero attached hydrogens (tertiary/aromatic N) is 3. The van der Waals surface area contributed by atoms with E-state index in [-0.39, 0.29) is 17.9 Å². The van der Waals surface area contributed by atoms with Crippen molar-refractivity contribution in [3.8, 4) is 0 Å². The van der Waals surface area contributed by atoms with Gasteiger partial charge in [0.1, 0.15) is 5.76 Å². The van der Waals surface area contributed by atoms with Crippen LogP contribution in [-0.4, -0.2) is 33.2 Å². The summed E-state index contributed by atoms with van der Waals surface area (Å²) in [7, 11) is 0. The minimum absolute atomic E-state index is 0.109. The molecule has 2 aromatic rings. The van der Waals surface area contributed by atoms with Gasteiger partial charge in [0.15, 0.2) is 0 Å². The van der Waals surface area contributed by atoms with Crippen LogP contribution >= 0.6 is 0 Å². The molecule has 1 amide bonds. The molecule has 0 bridgehead atoms. The number of hydrogen-bond donors (Lipinski definition) is 0. The highest BCUT2D eigenvalue weighted by molar-refractivity contribution is 5.83. The molecular weight excluding hydrogens is 302 g/mol. The van der Waals surface area contributed by atoms with Gasteiger partial charge in [-0.05, 0) is 57.7 Å². The highest BCUT2D eigenvalue weighted by Gasteiger charge is 2.48. The zero-order chi connectivity index (χ0) is 16.7. The van der Waals surface area contributed by atoms with E-state index < -0.39 is 0 Å². The van der Waals surface area contributed by atoms with Crippen molar-refractivity contribution in [3.05, 3.63) is 41.6 Å². The third-order valence-electron chi connectivity index (χ3n) is 5.41. The van der Waals surface area contributed by atoms with Crippen molar-refractivity contribution in [1.82, 2.24) is 14.7 Å². The van der Waals surface area contributed by atoms with Crippen molar-refractivity contribution in [2.24, 2.45) is 5.92 Å². The second kappa shape index (κ2) is 6.11. The first kappa shape index (κ1) is 15.5. The summed E-state index contributed by atoms with van der Waals surface area (Å²) < 4.78 is 7.54. The molecule has 5 nitrogen and oxygen atoms in total. The molecule has 2 aliphatic rings. The topological polar surface area (TPSA) is 51.3 Å². The Hall–Kier alpha value is -2.04. The largest absolute Gasteiger partial charge is 0.469 e. The average molecular weight is 327 g/mol. The fraction of sp³-hybridized carbons (Fsp3) is 0.579. The lowest BCUT2D eigenvalue weighted by Crippen LogP contribution is -2.47. The molecule has 2 fully saturated rings. The SMILES string of the molecule is Cc1cc(C)n(C[C@@H]2CCCCN2C(=O)[C@@H]2C[C@H]2c2ccco2)n1. The molecule has 3 heterocycles. The lowest BCUT2D eigenvalue weighted by atomic mass is 10.0. The Morgan fingerprint density at radius 3 is 2.96 bits per heavy atom. The van der Waals surface area contributed by atoms with Gasteiger partial charge >= 0.3 is 0 Å². The molecule has 24 heavy (non-hydrogen) atoms. The highest BCUT2D eigenvalue weighted by Crippen LogP contribution is 2.49. The summed E-state index contributed by atoms with van der Waals surface area (Å²) in [4.78, 5) is 15.1. The van der Waals surface area contributed by atoms with Crippen LogP contribution in [0.4, 0.5) is 0 Å². The summed E-state index contributed by atoms with van der Waals surface area (Å²) >= 11 is 0. The van der Waals surface area contributed by atoms with Crippen LogP contribution in [0.15, 0.2) is 28.9 Å². The number of rotatable bonds is 4. The van der Waals surface area contributed by atoms with Gasteiger partial charge in [-0.2, -0.15) is 5.10 Å². The normalized spacial score (nSPS) is 26.6. The fourth-order valence-corrected chi connectivity index (χ4v) is 4.04. The van der Waals surface area contributed by atoms with Gasteiger partial charge in [0.2, 0.25) is 5.91 Å². The molecule has 4 rings (SSSR count). The van der Waals surface area contributed by atoms with Crippen molar-refractivity contribution in [3.63, 3.8) is 0 Å². The van der Waals surface area contributed by atoms with Crippen molar-refractivity contribution in [2.45, 2.75) is 58.0 Å². The molecule has 0 radical (unpaired) electrons. The predicted molar refractivity (Wildman–Crippen MR) is 90.6 cm³/mol. The summed E-state index contributed by atoms with van der Waals surface area (Å²) in [6, 6.07) is 6.26. The van der Waals surface area contributed by atoms with Crippen LogP contribution in [-0.2, 0) is 11.3 Å². The number of aromatic nitrogens is 2. The Kier molecular flexibility index (Phi) is 3.94. The predicted octanol–water partition coefficient (Wildman–Crippen LogP) is 3.28. The highest BCUT2D eigenvalue weighted by atomic mass is 16.3. The molecule has 0 spiro atoms. The maximum atomic E-state index is 13.0. The van der Waals surface area contributed by atoms with E-state index in [0.717, 1.165) is 43.8 Å². The summed E-state index contributed by atoms with van der Waals surface area (Å²) in [5, 5.41) is 4.58. The number of carbonyl (C=O) groups excluding carboxylic acids is 1. The first-order chi connectivity index (χ1) is 11.6.